The Balaban J connectivity index is 2.94. The van der Waals surface area contributed by atoms with Gasteiger partial charge in [0, 0.05) is 4.90 Å². The molecule has 80 valence electrons. The van der Waals surface area contributed by atoms with Gasteiger partial charge in [-0.15, -0.1) is 0 Å². The topological polar surface area (TPSA) is 37.3 Å². The van der Waals surface area contributed by atoms with Crippen molar-refractivity contribution in [2.75, 3.05) is 0 Å². The molecule has 0 aromatic heterocycles. The summed E-state index contributed by atoms with van der Waals surface area (Å²) in [5.41, 5.74) is 1.14. The molecule has 0 unspecified atom stereocenters. The first-order valence-electron chi connectivity index (χ1n) is 4.66. The number of aryl methyl sites for hydroxylation is 1. The molecule has 2 nitrogen and oxygen atoms in total. The first-order chi connectivity index (χ1) is 7.00. The summed E-state index contributed by atoms with van der Waals surface area (Å²) in [4.78, 5) is 12.6. The summed E-state index contributed by atoms with van der Waals surface area (Å²) >= 11 is 1.30. The Morgan fingerprint density at radius 3 is 2.47 bits per heavy atom. The largest absolute Gasteiger partial charge is 0.511 e. The Morgan fingerprint density at radius 1 is 1.33 bits per heavy atom. The minimum atomic E-state index is -0.110. The molecular weight excluding hydrogens is 208 g/mol. The van der Waals surface area contributed by atoms with Gasteiger partial charge in [-0.1, -0.05) is 29.5 Å². The van der Waals surface area contributed by atoms with Crippen molar-refractivity contribution in [3.05, 3.63) is 40.5 Å². The highest BCUT2D eigenvalue weighted by Gasteiger charge is 2.09. The zero-order valence-corrected chi connectivity index (χ0v) is 9.89. The molecule has 0 radical (unpaired) electrons. The second kappa shape index (κ2) is 5.03. The van der Waals surface area contributed by atoms with Crippen LogP contribution >= 0.6 is 11.8 Å². The van der Waals surface area contributed by atoms with Crippen molar-refractivity contribution in [2.45, 2.75) is 25.7 Å². The highest BCUT2D eigenvalue weighted by molar-refractivity contribution is 8.04. The van der Waals surface area contributed by atoms with Gasteiger partial charge in [-0.05, 0) is 32.9 Å². The van der Waals surface area contributed by atoms with Crippen LogP contribution in [0, 0.1) is 6.92 Å². The van der Waals surface area contributed by atoms with Gasteiger partial charge in [0.2, 0.25) is 0 Å². The summed E-state index contributed by atoms with van der Waals surface area (Å²) < 4.78 is 0. The van der Waals surface area contributed by atoms with E-state index in [0.29, 0.717) is 4.91 Å². The van der Waals surface area contributed by atoms with Gasteiger partial charge in [0.1, 0.15) is 5.76 Å². The van der Waals surface area contributed by atoms with Gasteiger partial charge in [0.05, 0.1) is 4.91 Å². The maximum atomic E-state index is 11.2. The second-order valence-corrected chi connectivity index (χ2v) is 4.47. The third kappa shape index (κ3) is 3.44. The van der Waals surface area contributed by atoms with Crippen LogP contribution in [0.1, 0.15) is 19.4 Å². The fourth-order valence-corrected chi connectivity index (χ4v) is 2.12. The summed E-state index contributed by atoms with van der Waals surface area (Å²) in [6, 6.07) is 7.83. The first-order valence-corrected chi connectivity index (χ1v) is 5.47. The van der Waals surface area contributed by atoms with Crippen LogP contribution in [0.15, 0.2) is 39.8 Å². The number of benzene rings is 1. The van der Waals surface area contributed by atoms with Gasteiger partial charge in [-0.2, -0.15) is 0 Å². The lowest BCUT2D eigenvalue weighted by Gasteiger charge is -2.05. The average Bonchev–Trinajstić information content (AvgIpc) is 2.13. The summed E-state index contributed by atoms with van der Waals surface area (Å²) in [5.74, 6) is -0.0319. The van der Waals surface area contributed by atoms with E-state index in [1.54, 1.807) is 0 Å². The molecule has 0 aliphatic rings. The standard InChI is InChI=1S/C12H14O2S/c1-8-5-4-6-11(7-8)15-12(9(2)13)10(3)14/h4-7,13H,1-3H3. The number of carbonyl (C=O) groups is 1. The van der Waals surface area contributed by atoms with Gasteiger partial charge in [0.25, 0.3) is 0 Å². The second-order valence-electron chi connectivity index (χ2n) is 3.39. The number of carbonyl (C=O) groups excluding carboxylic acids is 1. The fraction of sp³-hybridized carbons (Fsp3) is 0.250. The number of aliphatic hydroxyl groups is 1. The molecule has 1 N–H and O–H groups in total. The van der Waals surface area contributed by atoms with Crippen molar-refractivity contribution in [2.24, 2.45) is 0 Å². The first kappa shape index (κ1) is 11.9. The van der Waals surface area contributed by atoms with Crippen molar-refractivity contribution in [1.82, 2.24) is 0 Å². The number of Topliss-reactive ketones (excluding diaryl/α,β-unsaturated/α-hetero) is 1. The van der Waals surface area contributed by atoms with Gasteiger partial charge < -0.3 is 5.11 Å². The van der Waals surface area contributed by atoms with Crippen LogP contribution in [-0.4, -0.2) is 10.9 Å². The van der Waals surface area contributed by atoms with Crippen molar-refractivity contribution in [3.8, 4) is 0 Å². The van der Waals surface area contributed by atoms with Crippen LogP contribution in [0.5, 0.6) is 0 Å². The Morgan fingerprint density at radius 2 is 2.00 bits per heavy atom. The predicted molar refractivity (Wildman–Crippen MR) is 63.0 cm³/mol. The van der Waals surface area contributed by atoms with Crippen LogP contribution < -0.4 is 0 Å². The lowest BCUT2D eigenvalue weighted by molar-refractivity contribution is -0.113. The molecule has 0 aliphatic carbocycles. The van der Waals surface area contributed by atoms with Crippen LogP contribution in [0.3, 0.4) is 0 Å². The Hall–Kier alpha value is -1.22. The van der Waals surface area contributed by atoms with Gasteiger partial charge >= 0.3 is 0 Å². The monoisotopic (exact) mass is 222 g/mol. The van der Waals surface area contributed by atoms with Crippen LogP contribution in [0.4, 0.5) is 0 Å². The number of ketones is 1. The number of aliphatic hydroxyl groups excluding tert-OH is 1. The molecule has 0 fully saturated rings. The van der Waals surface area contributed by atoms with Crippen molar-refractivity contribution >= 4 is 17.5 Å². The zero-order valence-electron chi connectivity index (χ0n) is 9.07. The number of hydrogen-bond acceptors (Lipinski definition) is 3. The van der Waals surface area contributed by atoms with E-state index in [0.717, 1.165) is 10.5 Å². The lowest BCUT2D eigenvalue weighted by Crippen LogP contribution is -1.96. The zero-order chi connectivity index (χ0) is 11.4. The predicted octanol–water partition coefficient (Wildman–Crippen LogP) is 3.47. The molecule has 1 rings (SSSR count). The molecule has 0 saturated heterocycles. The molecule has 0 spiro atoms. The van der Waals surface area contributed by atoms with E-state index in [1.165, 1.54) is 25.6 Å². The Kier molecular flexibility index (Phi) is 3.97. The van der Waals surface area contributed by atoms with E-state index in [4.69, 9.17) is 0 Å². The molecular formula is C12H14O2S. The molecule has 0 aliphatic heterocycles. The van der Waals surface area contributed by atoms with E-state index < -0.39 is 0 Å². The van der Waals surface area contributed by atoms with Crippen molar-refractivity contribution in [3.63, 3.8) is 0 Å². The van der Waals surface area contributed by atoms with Gasteiger partial charge in [-0.25, -0.2) is 0 Å². The van der Waals surface area contributed by atoms with Crippen molar-refractivity contribution in [1.29, 1.82) is 0 Å². The molecule has 0 atom stereocenters. The highest BCUT2D eigenvalue weighted by atomic mass is 32.2. The molecule has 0 heterocycles. The summed E-state index contributed by atoms with van der Waals surface area (Å²) in [6.45, 7) is 4.98. The number of hydrogen-bond donors (Lipinski definition) is 1. The normalized spacial score (nSPS) is 12.2. The highest BCUT2D eigenvalue weighted by Crippen LogP contribution is 2.29. The quantitative estimate of drug-likeness (QED) is 0.483. The minimum Gasteiger partial charge on any atom is -0.511 e. The average molecular weight is 222 g/mol. The minimum absolute atomic E-state index is 0.0778. The maximum absolute atomic E-state index is 11.2. The van der Waals surface area contributed by atoms with Gasteiger partial charge in [0.15, 0.2) is 5.78 Å². The van der Waals surface area contributed by atoms with Crippen molar-refractivity contribution < 1.29 is 9.90 Å². The molecule has 1 aromatic rings. The molecule has 1 aromatic carbocycles. The van der Waals surface area contributed by atoms with Gasteiger partial charge in [-0.3, -0.25) is 4.79 Å². The number of thioether (sulfide) groups is 1. The van der Waals surface area contributed by atoms with E-state index in [9.17, 15) is 9.90 Å². The molecule has 0 amide bonds. The van der Waals surface area contributed by atoms with E-state index in [1.807, 2.05) is 31.2 Å². The van der Waals surface area contributed by atoms with Crippen LogP contribution in [0.25, 0.3) is 0 Å². The van der Waals surface area contributed by atoms with Crippen LogP contribution in [0.2, 0.25) is 0 Å². The Labute approximate surface area is 94.0 Å². The molecule has 15 heavy (non-hydrogen) atoms. The van der Waals surface area contributed by atoms with E-state index in [2.05, 4.69) is 0 Å². The number of allylic oxidation sites excluding steroid dienone is 2. The third-order valence-electron chi connectivity index (χ3n) is 1.86. The Bertz CT molecular complexity index is 404. The van der Waals surface area contributed by atoms with E-state index >= 15 is 0 Å². The third-order valence-corrected chi connectivity index (χ3v) is 3.13. The SMILES string of the molecule is CC(=O)C(Sc1cccc(C)c1)=C(C)O. The lowest BCUT2D eigenvalue weighted by atomic mass is 10.2. The molecule has 0 saturated carbocycles. The van der Waals surface area contributed by atoms with E-state index in [-0.39, 0.29) is 11.5 Å². The number of rotatable bonds is 3. The smallest absolute Gasteiger partial charge is 0.169 e. The maximum Gasteiger partial charge on any atom is 0.169 e. The van der Waals surface area contributed by atoms with Crippen LogP contribution in [-0.2, 0) is 4.79 Å². The fourth-order valence-electron chi connectivity index (χ4n) is 1.20. The summed E-state index contributed by atoms with van der Waals surface area (Å²) in [5, 5.41) is 9.35. The molecule has 3 heteroatoms. The summed E-state index contributed by atoms with van der Waals surface area (Å²) in [7, 11) is 0. The summed E-state index contributed by atoms with van der Waals surface area (Å²) in [6.07, 6.45) is 0. The molecule has 0 bridgehead atoms.